The Kier molecular flexibility index (Phi) is 4.29. The molecule has 0 spiro atoms. The Morgan fingerprint density at radius 3 is 2.54 bits per heavy atom. The third kappa shape index (κ3) is 2.76. The number of fused-ring (bicyclic) bond motifs is 1. The molecule has 5 atom stereocenters. The molecule has 24 heavy (non-hydrogen) atoms. The molecule has 12 nitrogen and oxygen atoms in total. The average molecular weight is 342 g/mol. The van der Waals surface area contributed by atoms with E-state index < -0.39 is 35.6 Å². The number of aliphatic hydroxyl groups excluding tert-OH is 4. The average Bonchev–Trinajstić information content (AvgIpc) is 3.04. The van der Waals surface area contributed by atoms with E-state index in [4.69, 9.17) is 4.74 Å². The molecular weight excluding hydrogens is 328 g/mol. The first-order chi connectivity index (χ1) is 11.4. The van der Waals surface area contributed by atoms with E-state index >= 15 is 0 Å². The molecule has 0 unspecified atom stereocenters. The number of hydrogen-bond acceptors (Lipinski definition) is 11. The number of nitrogens with zero attached hydrogens (tertiary/aromatic N) is 3. The maximum atomic E-state index is 10.9. The molecule has 0 radical (unpaired) electrons. The summed E-state index contributed by atoms with van der Waals surface area (Å²) in [5.41, 5.74) is 0.101. The molecule has 1 aromatic carbocycles. The van der Waals surface area contributed by atoms with E-state index in [1.54, 1.807) is 0 Å². The van der Waals surface area contributed by atoms with Crippen LogP contribution >= 0.6 is 0 Å². The number of aromatic nitrogens is 2. The molecule has 0 bridgehead atoms. The van der Waals surface area contributed by atoms with Gasteiger partial charge in [0.05, 0.1) is 10.6 Å². The van der Waals surface area contributed by atoms with Crippen LogP contribution in [0.1, 0.15) is 0 Å². The molecule has 1 aliphatic rings. The van der Waals surface area contributed by atoms with Crippen molar-refractivity contribution in [2.75, 3.05) is 11.9 Å². The van der Waals surface area contributed by atoms with Crippen molar-refractivity contribution in [2.24, 2.45) is 0 Å². The minimum Gasteiger partial charge on any atom is -0.388 e. The maximum absolute atomic E-state index is 10.9. The molecule has 12 heteroatoms. The summed E-state index contributed by atoms with van der Waals surface area (Å²) in [5, 5.41) is 59.2. The van der Waals surface area contributed by atoms with Gasteiger partial charge in [0.25, 0.3) is 0 Å². The smallest absolute Gasteiger partial charge is 0.300 e. The molecule has 130 valence electrons. The first-order valence-corrected chi connectivity index (χ1v) is 6.91. The third-order valence-corrected chi connectivity index (χ3v) is 3.77. The Bertz CT molecular complexity index is 752. The minimum absolute atomic E-state index is 0.0504. The van der Waals surface area contributed by atoms with Crippen molar-refractivity contribution < 1.29 is 34.7 Å². The SMILES string of the molecule is O=[N+]([O-])c1ccc(NC[C@@H]2O[C@H](O)[C@H](O)[C@@H](O)[C@@H]2O)c2nonc12. The number of hydrogen-bond donors (Lipinski definition) is 5. The highest BCUT2D eigenvalue weighted by Crippen LogP contribution is 2.29. The predicted octanol–water partition coefficient (Wildman–Crippen LogP) is -1.66. The highest BCUT2D eigenvalue weighted by atomic mass is 16.6. The second kappa shape index (κ2) is 6.26. The van der Waals surface area contributed by atoms with Gasteiger partial charge in [-0.1, -0.05) is 0 Å². The zero-order chi connectivity index (χ0) is 17.4. The summed E-state index contributed by atoms with van der Waals surface area (Å²) in [6, 6.07) is 2.59. The number of anilines is 1. The van der Waals surface area contributed by atoms with Gasteiger partial charge in [-0.25, -0.2) is 4.63 Å². The van der Waals surface area contributed by atoms with Gasteiger partial charge in [-0.2, -0.15) is 0 Å². The highest BCUT2D eigenvalue weighted by molar-refractivity contribution is 5.93. The van der Waals surface area contributed by atoms with Crippen molar-refractivity contribution in [3.8, 4) is 0 Å². The molecule has 0 aliphatic carbocycles. The third-order valence-electron chi connectivity index (χ3n) is 3.77. The Morgan fingerprint density at radius 1 is 1.12 bits per heavy atom. The number of ether oxygens (including phenoxy) is 1. The topological polar surface area (TPSA) is 184 Å². The van der Waals surface area contributed by atoms with Crippen molar-refractivity contribution in [1.82, 2.24) is 10.3 Å². The highest BCUT2D eigenvalue weighted by Gasteiger charge is 2.42. The van der Waals surface area contributed by atoms with Crippen molar-refractivity contribution in [3.63, 3.8) is 0 Å². The summed E-state index contributed by atoms with van der Waals surface area (Å²) in [6.07, 6.45) is -7.34. The van der Waals surface area contributed by atoms with Gasteiger partial charge in [0.2, 0.25) is 5.52 Å². The summed E-state index contributed by atoms with van der Waals surface area (Å²) >= 11 is 0. The molecule has 2 heterocycles. The van der Waals surface area contributed by atoms with Crippen LogP contribution < -0.4 is 5.32 Å². The minimum atomic E-state index is -1.65. The fraction of sp³-hybridized carbons (Fsp3) is 0.500. The van der Waals surface area contributed by atoms with Gasteiger partial charge in [-0.15, -0.1) is 0 Å². The molecule has 1 aromatic heterocycles. The van der Waals surface area contributed by atoms with Gasteiger partial charge in [-0.05, 0) is 16.4 Å². The standard InChI is InChI=1S/C12H14N4O8/c17-9-6(23-12(20)11(19)10(9)18)3-13-4-1-2-5(16(21)22)8-7(4)14-24-15-8/h1-2,6,9-13,17-20H,3H2/t6-,9+,10-,11+,12-/m0/s1. The quantitative estimate of drug-likeness (QED) is 0.316. The van der Waals surface area contributed by atoms with Crippen molar-refractivity contribution in [1.29, 1.82) is 0 Å². The van der Waals surface area contributed by atoms with E-state index in [0.717, 1.165) is 0 Å². The van der Waals surface area contributed by atoms with E-state index in [0.29, 0.717) is 5.69 Å². The van der Waals surface area contributed by atoms with Crippen LogP contribution in [0.15, 0.2) is 16.8 Å². The number of aliphatic hydroxyl groups is 4. The van der Waals surface area contributed by atoms with E-state index in [1.165, 1.54) is 12.1 Å². The monoisotopic (exact) mass is 342 g/mol. The van der Waals surface area contributed by atoms with Gasteiger partial charge < -0.3 is 30.5 Å². The van der Waals surface area contributed by atoms with Crippen molar-refractivity contribution >= 4 is 22.4 Å². The Balaban J connectivity index is 1.78. The van der Waals surface area contributed by atoms with Gasteiger partial charge >= 0.3 is 5.69 Å². The number of nitro groups is 1. The van der Waals surface area contributed by atoms with Crippen LogP contribution in [0.5, 0.6) is 0 Å². The summed E-state index contributed by atoms with van der Waals surface area (Å²) in [7, 11) is 0. The molecule has 1 fully saturated rings. The zero-order valence-corrected chi connectivity index (χ0v) is 12.0. The van der Waals surface area contributed by atoms with E-state index in [9.17, 15) is 30.5 Å². The fourth-order valence-corrected chi connectivity index (χ4v) is 2.45. The van der Waals surface area contributed by atoms with E-state index in [2.05, 4.69) is 20.3 Å². The first-order valence-electron chi connectivity index (χ1n) is 6.91. The van der Waals surface area contributed by atoms with Crippen LogP contribution in [-0.2, 0) is 4.74 Å². The van der Waals surface area contributed by atoms with Crippen molar-refractivity contribution in [3.05, 3.63) is 22.2 Å². The number of benzene rings is 1. The Morgan fingerprint density at radius 2 is 1.83 bits per heavy atom. The number of non-ortho nitro benzene ring substituents is 1. The van der Waals surface area contributed by atoms with E-state index in [1.807, 2.05) is 0 Å². The molecule has 1 saturated heterocycles. The largest absolute Gasteiger partial charge is 0.388 e. The molecule has 0 saturated carbocycles. The van der Waals surface area contributed by atoms with Crippen LogP contribution in [0, 0.1) is 10.1 Å². The van der Waals surface area contributed by atoms with Crippen LogP contribution in [-0.4, -0.2) is 72.9 Å². The lowest BCUT2D eigenvalue weighted by Crippen LogP contribution is -2.59. The lowest BCUT2D eigenvalue weighted by atomic mass is 9.99. The number of rotatable bonds is 4. The van der Waals surface area contributed by atoms with Crippen LogP contribution in [0.25, 0.3) is 11.0 Å². The van der Waals surface area contributed by atoms with Crippen LogP contribution in [0.2, 0.25) is 0 Å². The van der Waals surface area contributed by atoms with Crippen LogP contribution in [0.3, 0.4) is 0 Å². The lowest BCUT2D eigenvalue weighted by Gasteiger charge is -2.38. The van der Waals surface area contributed by atoms with Gasteiger partial charge in [0.1, 0.15) is 24.4 Å². The summed E-state index contributed by atoms with van der Waals surface area (Å²) < 4.78 is 9.54. The van der Waals surface area contributed by atoms with Crippen molar-refractivity contribution in [2.45, 2.75) is 30.7 Å². The summed E-state index contributed by atoms with van der Waals surface area (Å²) in [4.78, 5) is 10.3. The van der Waals surface area contributed by atoms with Crippen LogP contribution in [0.4, 0.5) is 11.4 Å². The fourth-order valence-electron chi connectivity index (χ4n) is 2.45. The zero-order valence-electron chi connectivity index (χ0n) is 12.0. The molecule has 5 N–H and O–H groups in total. The van der Waals surface area contributed by atoms with E-state index in [-0.39, 0.29) is 23.3 Å². The Hall–Kier alpha value is -2.38. The number of nitrogens with one attached hydrogen (secondary N) is 1. The molecule has 3 rings (SSSR count). The molecule has 2 aromatic rings. The lowest BCUT2D eigenvalue weighted by molar-refractivity contribution is -0.383. The summed E-state index contributed by atoms with van der Waals surface area (Å²) in [6.45, 7) is -0.0816. The Labute approximate surface area is 133 Å². The second-order valence-corrected chi connectivity index (χ2v) is 5.27. The molecule has 1 aliphatic heterocycles. The maximum Gasteiger partial charge on any atom is 0.300 e. The second-order valence-electron chi connectivity index (χ2n) is 5.27. The molecule has 0 amide bonds. The van der Waals surface area contributed by atoms with Gasteiger partial charge in [0, 0.05) is 12.6 Å². The van der Waals surface area contributed by atoms with Gasteiger partial charge in [0.15, 0.2) is 11.8 Å². The van der Waals surface area contributed by atoms with Gasteiger partial charge in [-0.3, -0.25) is 10.1 Å². The first kappa shape index (κ1) is 16.5. The normalized spacial score (nSPS) is 30.4. The number of nitro benzene ring substituents is 1. The predicted molar refractivity (Wildman–Crippen MR) is 75.8 cm³/mol. The molecular formula is C12H14N4O8. The summed E-state index contributed by atoms with van der Waals surface area (Å²) in [5.74, 6) is 0.